The molecule has 1 heterocycles. The molecule has 4 heteroatoms. The van der Waals surface area contributed by atoms with Crippen molar-refractivity contribution in [3.63, 3.8) is 0 Å². The summed E-state index contributed by atoms with van der Waals surface area (Å²) in [5.41, 5.74) is 1.80. The summed E-state index contributed by atoms with van der Waals surface area (Å²) in [4.78, 5) is 2.29. The molecule has 1 fully saturated rings. The number of hydrogen-bond donors (Lipinski definition) is 1. The van der Waals surface area contributed by atoms with Gasteiger partial charge in [0.2, 0.25) is 0 Å². The minimum absolute atomic E-state index is 0.0999. The van der Waals surface area contributed by atoms with Gasteiger partial charge in [-0.3, -0.25) is 4.90 Å². The first kappa shape index (κ1) is 15.4. The van der Waals surface area contributed by atoms with E-state index in [-0.39, 0.29) is 11.4 Å². The Morgan fingerprint density at radius 1 is 1.45 bits per heavy atom. The van der Waals surface area contributed by atoms with Gasteiger partial charge in [-0.1, -0.05) is 12.1 Å². The Labute approximate surface area is 121 Å². The summed E-state index contributed by atoms with van der Waals surface area (Å²) in [6.07, 6.45) is 2.17. The highest BCUT2D eigenvalue weighted by atomic mass is 19.1. The van der Waals surface area contributed by atoms with Crippen LogP contribution in [0.3, 0.4) is 0 Å². The molecule has 1 aliphatic rings. The monoisotopic (exact) mass is 280 g/mol. The van der Waals surface area contributed by atoms with E-state index in [0.29, 0.717) is 6.54 Å². The summed E-state index contributed by atoms with van der Waals surface area (Å²) in [6, 6.07) is 5.37. The number of ether oxygens (including phenoxy) is 1. The van der Waals surface area contributed by atoms with Crippen LogP contribution >= 0.6 is 0 Å². The molecule has 0 radical (unpaired) electrons. The fourth-order valence-electron chi connectivity index (χ4n) is 2.91. The van der Waals surface area contributed by atoms with E-state index in [1.807, 2.05) is 19.2 Å². The minimum Gasteiger partial charge on any atom is -0.377 e. The summed E-state index contributed by atoms with van der Waals surface area (Å²) in [5, 5.41) is 3.10. The smallest absolute Gasteiger partial charge is 0.127 e. The molecule has 1 atom stereocenters. The van der Waals surface area contributed by atoms with E-state index in [4.69, 9.17) is 4.74 Å². The predicted octanol–water partition coefficient (Wildman–Crippen LogP) is 2.55. The third-order valence-corrected chi connectivity index (χ3v) is 4.12. The molecule has 1 aliphatic heterocycles. The number of rotatable bonds is 5. The SMILES string of the molecule is CNCc1ccc(F)c(CN2CCCC(C)(OC)C2)c1. The molecular formula is C16H25FN2O. The van der Waals surface area contributed by atoms with Crippen molar-refractivity contribution in [3.8, 4) is 0 Å². The van der Waals surface area contributed by atoms with E-state index in [0.717, 1.165) is 43.6 Å². The fourth-order valence-corrected chi connectivity index (χ4v) is 2.91. The summed E-state index contributed by atoms with van der Waals surface area (Å²) < 4.78 is 19.6. The Kier molecular flexibility index (Phi) is 5.13. The number of nitrogens with zero attached hydrogens (tertiary/aromatic N) is 1. The lowest BCUT2D eigenvalue weighted by atomic mass is 9.94. The first-order chi connectivity index (χ1) is 9.56. The Morgan fingerprint density at radius 3 is 2.95 bits per heavy atom. The fraction of sp³-hybridized carbons (Fsp3) is 0.625. The molecule has 1 N–H and O–H groups in total. The molecule has 0 saturated carbocycles. The Morgan fingerprint density at radius 2 is 2.25 bits per heavy atom. The lowest BCUT2D eigenvalue weighted by molar-refractivity contribution is -0.0528. The van der Waals surface area contributed by atoms with Gasteiger partial charge in [0.1, 0.15) is 5.82 Å². The van der Waals surface area contributed by atoms with Gasteiger partial charge >= 0.3 is 0 Å². The Hall–Kier alpha value is -0.970. The highest BCUT2D eigenvalue weighted by Gasteiger charge is 2.30. The predicted molar refractivity (Wildman–Crippen MR) is 79.1 cm³/mol. The van der Waals surface area contributed by atoms with Crippen molar-refractivity contribution >= 4 is 0 Å². The van der Waals surface area contributed by atoms with Gasteiger partial charge in [-0.05, 0) is 45.0 Å². The second kappa shape index (κ2) is 6.66. The summed E-state index contributed by atoms with van der Waals surface area (Å²) >= 11 is 0. The molecule has 2 rings (SSSR count). The normalized spacial score (nSPS) is 24.0. The van der Waals surface area contributed by atoms with Gasteiger partial charge in [0, 0.05) is 32.3 Å². The van der Waals surface area contributed by atoms with Gasteiger partial charge in [0.15, 0.2) is 0 Å². The first-order valence-corrected chi connectivity index (χ1v) is 7.26. The number of methoxy groups -OCH3 is 1. The van der Waals surface area contributed by atoms with Crippen molar-refractivity contribution in [2.75, 3.05) is 27.2 Å². The van der Waals surface area contributed by atoms with Crippen molar-refractivity contribution < 1.29 is 9.13 Å². The van der Waals surface area contributed by atoms with Gasteiger partial charge < -0.3 is 10.1 Å². The van der Waals surface area contributed by atoms with Gasteiger partial charge in [0.05, 0.1) is 5.60 Å². The van der Waals surface area contributed by atoms with Gasteiger partial charge in [0.25, 0.3) is 0 Å². The van der Waals surface area contributed by atoms with Crippen LogP contribution in [0.25, 0.3) is 0 Å². The van der Waals surface area contributed by atoms with Crippen LogP contribution in [0, 0.1) is 5.82 Å². The van der Waals surface area contributed by atoms with Crippen molar-refractivity contribution in [1.29, 1.82) is 0 Å². The van der Waals surface area contributed by atoms with Crippen LogP contribution in [0.1, 0.15) is 30.9 Å². The third-order valence-electron chi connectivity index (χ3n) is 4.12. The van der Waals surface area contributed by atoms with Crippen molar-refractivity contribution in [2.45, 2.75) is 38.5 Å². The van der Waals surface area contributed by atoms with Gasteiger partial charge in [-0.15, -0.1) is 0 Å². The van der Waals surface area contributed by atoms with Crippen LogP contribution in [0.4, 0.5) is 4.39 Å². The lowest BCUT2D eigenvalue weighted by Gasteiger charge is -2.39. The molecule has 0 amide bonds. The standard InChI is InChI=1S/C16H25FN2O/c1-16(20-3)7-4-8-19(12-16)11-14-9-13(10-18-2)5-6-15(14)17/h5-6,9,18H,4,7-8,10-12H2,1-3H3. The zero-order valence-corrected chi connectivity index (χ0v) is 12.7. The van der Waals surface area contributed by atoms with E-state index < -0.39 is 0 Å². The van der Waals surface area contributed by atoms with Crippen LogP contribution in [-0.2, 0) is 17.8 Å². The van der Waals surface area contributed by atoms with E-state index in [1.54, 1.807) is 13.2 Å². The molecule has 112 valence electrons. The number of nitrogens with one attached hydrogen (secondary N) is 1. The maximum atomic E-state index is 14.0. The second-order valence-electron chi connectivity index (χ2n) is 5.92. The molecule has 0 spiro atoms. The molecule has 20 heavy (non-hydrogen) atoms. The van der Waals surface area contributed by atoms with Crippen LogP contribution in [-0.4, -0.2) is 37.7 Å². The molecule has 0 aliphatic carbocycles. The summed E-state index contributed by atoms with van der Waals surface area (Å²) in [5.74, 6) is -0.116. The van der Waals surface area contributed by atoms with Crippen LogP contribution < -0.4 is 5.32 Å². The van der Waals surface area contributed by atoms with Gasteiger partial charge in [-0.2, -0.15) is 0 Å². The van der Waals surface area contributed by atoms with Gasteiger partial charge in [-0.25, -0.2) is 4.39 Å². The number of likely N-dealkylation sites (tertiary alicyclic amines) is 1. The topological polar surface area (TPSA) is 24.5 Å². The van der Waals surface area contributed by atoms with Crippen molar-refractivity contribution in [3.05, 3.63) is 35.1 Å². The van der Waals surface area contributed by atoms with Crippen LogP contribution in [0.5, 0.6) is 0 Å². The average molecular weight is 280 g/mol. The maximum absolute atomic E-state index is 14.0. The summed E-state index contributed by atoms with van der Waals surface area (Å²) in [7, 11) is 3.66. The third kappa shape index (κ3) is 3.78. The van der Waals surface area contributed by atoms with E-state index >= 15 is 0 Å². The quantitative estimate of drug-likeness (QED) is 0.897. The molecule has 0 aromatic heterocycles. The molecule has 1 unspecified atom stereocenters. The minimum atomic E-state index is -0.116. The zero-order chi connectivity index (χ0) is 14.6. The maximum Gasteiger partial charge on any atom is 0.127 e. The van der Waals surface area contributed by atoms with Crippen molar-refractivity contribution in [2.24, 2.45) is 0 Å². The molecule has 1 saturated heterocycles. The van der Waals surface area contributed by atoms with E-state index in [1.165, 1.54) is 0 Å². The highest BCUT2D eigenvalue weighted by Crippen LogP contribution is 2.25. The first-order valence-electron chi connectivity index (χ1n) is 7.26. The molecule has 1 aromatic carbocycles. The molecule has 1 aromatic rings. The zero-order valence-electron chi connectivity index (χ0n) is 12.7. The Balaban J connectivity index is 2.07. The number of benzene rings is 1. The Bertz CT molecular complexity index is 452. The van der Waals surface area contributed by atoms with E-state index in [9.17, 15) is 4.39 Å². The molecular weight excluding hydrogens is 255 g/mol. The molecule has 0 bridgehead atoms. The number of piperidine rings is 1. The van der Waals surface area contributed by atoms with Crippen molar-refractivity contribution in [1.82, 2.24) is 10.2 Å². The van der Waals surface area contributed by atoms with Crippen LogP contribution in [0.15, 0.2) is 18.2 Å². The second-order valence-corrected chi connectivity index (χ2v) is 5.92. The average Bonchev–Trinajstić information content (AvgIpc) is 2.43. The summed E-state index contributed by atoms with van der Waals surface area (Å²) in [6.45, 7) is 5.42. The molecule has 3 nitrogen and oxygen atoms in total. The van der Waals surface area contributed by atoms with Crippen LogP contribution in [0.2, 0.25) is 0 Å². The van der Waals surface area contributed by atoms with E-state index in [2.05, 4.69) is 17.1 Å². The highest BCUT2D eigenvalue weighted by molar-refractivity contribution is 5.25. The number of hydrogen-bond acceptors (Lipinski definition) is 3. The largest absolute Gasteiger partial charge is 0.377 e. The lowest BCUT2D eigenvalue weighted by Crippen LogP contribution is -2.46. The number of halogens is 1.